The van der Waals surface area contributed by atoms with Crippen LogP contribution >= 0.6 is 0 Å². The molecule has 2 nitrogen and oxygen atoms in total. The van der Waals surface area contributed by atoms with Crippen molar-refractivity contribution in [1.29, 1.82) is 0 Å². The van der Waals surface area contributed by atoms with E-state index in [4.69, 9.17) is 0 Å². The van der Waals surface area contributed by atoms with E-state index >= 15 is 0 Å². The van der Waals surface area contributed by atoms with Crippen LogP contribution in [0.25, 0.3) is 10.9 Å². The van der Waals surface area contributed by atoms with Gasteiger partial charge in [-0.1, -0.05) is 19.9 Å². The van der Waals surface area contributed by atoms with Crippen molar-refractivity contribution in [3.63, 3.8) is 0 Å². The van der Waals surface area contributed by atoms with Gasteiger partial charge in [0.1, 0.15) is 5.78 Å². The molecule has 0 aliphatic rings. The Bertz CT molecular complexity index is 523. The van der Waals surface area contributed by atoms with Gasteiger partial charge in [0.05, 0.1) is 0 Å². The molecule has 0 amide bonds. The fourth-order valence-corrected chi connectivity index (χ4v) is 1.85. The predicted octanol–water partition coefficient (Wildman–Crippen LogP) is 2.95. The van der Waals surface area contributed by atoms with Crippen LogP contribution in [-0.4, -0.2) is 10.4 Å². The number of aromatic nitrogens is 1. The van der Waals surface area contributed by atoms with E-state index in [-0.39, 0.29) is 5.92 Å². The summed E-state index contributed by atoms with van der Waals surface area (Å²) in [6.07, 6.45) is 2.58. The smallest absolute Gasteiger partial charge is 0.139 e. The Kier molecular flexibility index (Phi) is 2.82. The Morgan fingerprint density at radius 2 is 2.06 bits per heavy atom. The summed E-state index contributed by atoms with van der Waals surface area (Å²) in [6, 6.07) is 8.31. The van der Waals surface area contributed by atoms with Gasteiger partial charge in [-0.05, 0) is 29.1 Å². The van der Waals surface area contributed by atoms with Crippen LogP contribution in [0, 0.1) is 5.92 Å². The molecule has 0 unspecified atom stereocenters. The van der Waals surface area contributed by atoms with E-state index in [1.54, 1.807) is 0 Å². The number of carbonyl (C=O) groups excluding carboxylic acids is 1. The quantitative estimate of drug-likeness (QED) is 0.771. The molecule has 0 saturated heterocycles. The maximum atomic E-state index is 11.6. The average Bonchev–Trinajstić information content (AvgIpc) is 2.60. The summed E-state index contributed by atoms with van der Waals surface area (Å²) in [5.74, 6) is 0.418. The molecule has 1 aromatic carbocycles. The Hall–Kier alpha value is -1.57. The van der Waals surface area contributed by atoms with Gasteiger partial charge in [0.2, 0.25) is 0 Å². The van der Waals surface area contributed by atoms with Crippen molar-refractivity contribution < 1.29 is 4.79 Å². The van der Waals surface area contributed by atoms with Crippen LogP contribution in [0.3, 0.4) is 0 Å². The fraction of sp³-hybridized carbons (Fsp3) is 0.357. The molecule has 1 aromatic heterocycles. The molecular weight excluding hydrogens is 198 g/mol. The summed E-state index contributed by atoms with van der Waals surface area (Å²) in [4.78, 5) is 11.6. The monoisotopic (exact) mass is 215 g/mol. The number of benzene rings is 1. The minimum absolute atomic E-state index is 0.117. The van der Waals surface area contributed by atoms with E-state index in [9.17, 15) is 4.79 Å². The van der Waals surface area contributed by atoms with E-state index in [0.29, 0.717) is 12.2 Å². The lowest BCUT2D eigenvalue weighted by molar-refractivity contribution is -0.121. The van der Waals surface area contributed by atoms with Crippen molar-refractivity contribution >= 4 is 16.7 Å². The molecule has 0 radical (unpaired) electrons. The van der Waals surface area contributed by atoms with Gasteiger partial charge in [0, 0.05) is 31.1 Å². The first kappa shape index (κ1) is 10.9. The van der Waals surface area contributed by atoms with Crippen molar-refractivity contribution in [3.8, 4) is 0 Å². The van der Waals surface area contributed by atoms with Crippen molar-refractivity contribution in [1.82, 2.24) is 4.57 Å². The number of ketones is 1. The third kappa shape index (κ3) is 2.01. The van der Waals surface area contributed by atoms with Crippen LogP contribution in [0.2, 0.25) is 0 Å². The highest BCUT2D eigenvalue weighted by molar-refractivity contribution is 5.85. The molecule has 0 aliphatic heterocycles. The van der Waals surface area contributed by atoms with Gasteiger partial charge in [0.15, 0.2) is 0 Å². The van der Waals surface area contributed by atoms with Crippen molar-refractivity contribution in [2.75, 3.05) is 0 Å². The van der Waals surface area contributed by atoms with Gasteiger partial charge in [0.25, 0.3) is 0 Å². The maximum absolute atomic E-state index is 11.6. The van der Waals surface area contributed by atoms with Gasteiger partial charge in [-0.25, -0.2) is 0 Å². The zero-order valence-electron chi connectivity index (χ0n) is 10.0. The second kappa shape index (κ2) is 4.12. The summed E-state index contributed by atoms with van der Waals surface area (Å²) in [5, 5.41) is 1.21. The molecule has 0 spiro atoms. The Morgan fingerprint density at radius 1 is 1.31 bits per heavy atom. The van der Waals surface area contributed by atoms with E-state index < -0.39 is 0 Å². The topological polar surface area (TPSA) is 22.0 Å². The molecule has 2 heteroatoms. The summed E-state index contributed by atoms with van der Waals surface area (Å²) >= 11 is 0. The third-order valence-corrected chi connectivity index (χ3v) is 2.97. The minimum atomic E-state index is 0.117. The molecule has 0 aliphatic carbocycles. The Balaban J connectivity index is 2.30. The lowest BCUT2D eigenvalue weighted by Gasteiger charge is -2.04. The highest BCUT2D eigenvalue weighted by Crippen LogP contribution is 2.17. The molecule has 84 valence electrons. The van der Waals surface area contributed by atoms with Gasteiger partial charge < -0.3 is 4.57 Å². The number of carbonyl (C=O) groups is 1. The second-order valence-electron chi connectivity index (χ2n) is 4.62. The highest BCUT2D eigenvalue weighted by Gasteiger charge is 2.08. The van der Waals surface area contributed by atoms with Gasteiger partial charge >= 0.3 is 0 Å². The minimum Gasteiger partial charge on any atom is -0.351 e. The van der Waals surface area contributed by atoms with Gasteiger partial charge in [-0.2, -0.15) is 0 Å². The zero-order chi connectivity index (χ0) is 11.7. The first-order valence-corrected chi connectivity index (χ1v) is 5.64. The van der Waals surface area contributed by atoms with Gasteiger partial charge in [-0.3, -0.25) is 4.79 Å². The Labute approximate surface area is 95.9 Å². The summed E-state index contributed by atoms with van der Waals surface area (Å²) in [6.45, 7) is 3.90. The van der Waals surface area contributed by atoms with Crippen LogP contribution in [0.4, 0.5) is 0 Å². The third-order valence-electron chi connectivity index (χ3n) is 2.97. The molecular formula is C14H17NO. The molecule has 2 aromatic rings. The van der Waals surface area contributed by atoms with E-state index in [2.05, 4.69) is 22.8 Å². The molecule has 2 rings (SSSR count). The predicted molar refractivity (Wildman–Crippen MR) is 66.5 cm³/mol. The zero-order valence-corrected chi connectivity index (χ0v) is 10.0. The Morgan fingerprint density at radius 3 is 2.75 bits per heavy atom. The van der Waals surface area contributed by atoms with Crippen molar-refractivity contribution in [2.45, 2.75) is 20.3 Å². The molecule has 0 bridgehead atoms. The highest BCUT2D eigenvalue weighted by atomic mass is 16.1. The number of fused-ring (bicyclic) bond motifs is 1. The summed E-state index contributed by atoms with van der Waals surface area (Å²) < 4.78 is 2.09. The molecule has 1 heterocycles. The number of hydrogen-bond donors (Lipinski definition) is 0. The van der Waals surface area contributed by atoms with E-state index in [0.717, 1.165) is 5.56 Å². The number of rotatable bonds is 3. The number of aryl methyl sites for hydroxylation is 1. The van der Waals surface area contributed by atoms with Crippen molar-refractivity contribution in [3.05, 3.63) is 36.0 Å². The van der Waals surface area contributed by atoms with Crippen LogP contribution < -0.4 is 0 Å². The molecule has 0 N–H and O–H groups in total. The lowest BCUT2D eigenvalue weighted by Crippen LogP contribution is -2.09. The average molecular weight is 215 g/mol. The van der Waals surface area contributed by atoms with Crippen LogP contribution in [0.15, 0.2) is 30.5 Å². The van der Waals surface area contributed by atoms with Gasteiger partial charge in [-0.15, -0.1) is 0 Å². The first-order valence-electron chi connectivity index (χ1n) is 5.64. The molecule has 16 heavy (non-hydrogen) atoms. The molecule has 0 fully saturated rings. The normalized spacial score (nSPS) is 11.2. The van der Waals surface area contributed by atoms with Crippen LogP contribution in [-0.2, 0) is 18.3 Å². The van der Waals surface area contributed by atoms with Crippen molar-refractivity contribution in [2.24, 2.45) is 13.0 Å². The van der Waals surface area contributed by atoms with E-state index in [1.807, 2.05) is 33.2 Å². The van der Waals surface area contributed by atoms with E-state index in [1.165, 1.54) is 10.9 Å². The van der Waals surface area contributed by atoms with Crippen LogP contribution in [0.1, 0.15) is 19.4 Å². The number of hydrogen-bond acceptors (Lipinski definition) is 1. The standard InChI is InChI=1S/C14H17NO/c1-10(2)14(16)9-11-4-5-13-12(8-11)6-7-15(13)3/h4-8,10H,9H2,1-3H3. The number of Topliss-reactive ketones (excluding diaryl/α,β-unsaturated/α-hetero) is 1. The lowest BCUT2D eigenvalue weighted by atomic mass is 10.0. The fourth-order valence-electron chi connectivity index (χ4n) is 1.85. The maximum Gasteiger partial charge on any atom is 0.139 e. The first-order chi connectivity index (χ1) is 7.58. The largest absolute Gasteiger partial charge is 0.351 e. The summed E-state index contributed by atoms with van der Waals surface area (Å²) in [5.41, 5.74) is 2.32. The SMILES string of the molecule is CC(C)C(=O)Cc1ccc2c(ccn2C)c1. The summed E-state index contributed by atoms with van der Waals surface area (Å²) in [7, 11) is 2.03. The number of nitrogens with zero attached hydrogens (tertiary/aromatic N) is 1. The molecule has 0 saturated carbocycles. The molecule has 0 atom stereocenters. The second-order valence-corrected chi connectivity index (χ2v) is 4.62. The van der Waals surface area contributed by atoms with Crippen LogP contribution in [0.5, 0.6) is 0 Å².